The molecule has 0 aromatic carbocycles. The number of carbonyl (C=O) groups excluding carboxylic acids is 1. The molecule has 0 aromatic rings. The largest absolute Gasteiger partial charge is 0.458 e. The van der Waals surface area contributed by atoms with Crippen LogP contribution in [0, 0.1) is 12.3 Å². The zero-order valence-electron chi connectivity index (χ0n) is 9.70. The third-order valence-electron chi connectivity index (χ3n) is 1.43. The summed E-state index contributed by atoms with van der Waals surface area (Å²) in [6.45, 7) is 7.18. The van der Waals surface area contributed by atoms with Crippen molar-refractivity contribution in [2.45, 2.75) is 45.4 Å². The van der Waals surface area contributed by atoms with Crippen molar-refractivity contribution >= 4 is 5.97 Å². The number of nitrogens with one attached hydrogen (secondary N) is 1. The average molecular weight is 213 g/mol. The van der Waals surface area contributed by atoms with Crippen LogP contribution < -0.4 is 5.32 Å². The van der Waals surface area contributed by atoms with Gasteiger partial charge in [-0.15, -0.1) is 6.42 Å². The quantitative estimate of drug-likeness (QED) is 0.521. The molecule has 86 valence electrons. The van der Waals surface area contributed by atoms with Crippen LogP contribution in [0.5, 0.6) is 0 Å². The molecule has 0 heterocycles. The summed E-state index contributed by atoms with van der Waals surface area (Å²) in [5.74, 6) is 1.79. The molecule has 0 saturated heterocycles. The second-order valence-corrected chi connectivity index (χ2v) is 4.39. The molecule has 0 fully saturated rings. The van der Waals surface area contributed by atoms with Gasteiger partial charge in [0, 0.05) is 6.54 Å². The van der Waals surface area contributed by atoms with Gasteiger partial charge in [-0.25, -0.2) is 4.79 Å². The van der Waals surface area contributed by atoms with Gasteiger partial charge in [0.15, 0.2) is 6.04 Å². The van der Waals surface area contributed by atoms with E-state index in [4.69, 9.17) is 16.3 Å². The van der Waals surface area contributed by atoms with Gasteiger partial charge in [0.2, 0.25) is 0 Å². The van der Waals surface area contributed by atoms with Crippen LogP contribution in [0.3, 0.4) is 0 Å². The Morgan fingerprint density at radius 3 is 2.47 bits per heavy atom. The summed E-state index contributed by atoms with van der Waals surface area (Å²) in [4.78, 5) is 11.5. The van der Waals surface area contributed by atoms with Crippen LogP contribution in [0.2, 0.25) is 0 Å². The van der Waals surface area contributed by atoms with E-state index in [1.54, 1.807) is 27.7 Å². The van der Waals surface area contributed by atoms with Crippen molar-refractivity contribution in [1.29, 1.82) is 0 Å². The lowest BCUT2D eigenvalue weighted by Gasteiger charge is -2.22. The molecule has 0 rings (SSSR count). The first kappa shape index (κ1) is 13.9. The molecule has 0 amide bonds. The Balaban J connectivity index is 4.19. The third kappa shape index (κ3) is 6.95. The second-order valence-electron chi connectivity index (χ2n) is 4.39. The maximum atomic E-state index is 11.5. The summed E-state index contributed by atoms with van der Waals surface area (Å²) in [6.07, 6.45) is 4.63. The van der Waals surface area contributed by atoms with Gasteiger partial charge in [-0.1, -0.05) is 5.92 Å². The van der Waals surface area contributed by atoms with Crippen molar-refractivity contribution in [3.63, 3.8) is 0 Å². The monoisotopic (exact) mass is 213 g/mol. The van der Waals surface area contributed by atoms with Gasteiger partial charge in [0.05, 0.1) is 6.10 Å². The van der Waals surface area contributed by atoms with E-state index in [-0.39, 0.29) is 6.54 Å². The Labute approximate surface area is 91.0 Å². The highest BCUT2D eigenvalue weighted by Crippen LogP contribution is 2.08. The van der Waals surface area contributed by atoms with Crippen LogP contribution in [0.1, 0.15) is 27.7 Å². The Bertz CT molecular complexity index is 248. The molecule has 0 bridgehead atoms. The molecule has 0 radical (unpaired) electrons. The van der Waals surface area contributed by atoms with Crippen LogP contribution in [-0.4, -0.2) is 35.4 Å². The highest BCUT2D eigenvalue weighted by Gasteiger charge is 2.23. The molecular formula is C11H19NO3. The van der Waals surface area contributed by atoms with E-state index in [0.29, 0.717) is 0 Å². The van der Waals surface area contributed by atoms with E-state index in [0.717, 1.165) is 0 Å². The number of terminal acetylenes is 1. The fourth-order valence-electron chi connectivity index (χ4n) is 0.859. The van der Waals surface area contributed by atoms with Gasteiger partial charge in [-0.3, -0.25) is 5.32 Å². The molecule has 4 heteroatoms. The zero-order valence-corrected chi connectivity index (χ0v) is 9.70. The molecule has 0 aliphatic heterocycles. The van der Waals surface area contributed by atoms with Gasteiger partial charge in [-0.05, 0) is 27.7 Å². The van der Waals surface area contributed by atoms with Gasteiger partial charge < -0.3 is 9.84 Å². The molecule has 2 N–H and O–H groups in total. The van der Waals surface area contributed by atoms with Crippen LogP contribution in [-0.2, 0) is 9.53 Å². The molecule has 2 unspecified atom stereocenters. The highest BCUT2D eigenvalue weighted by molar-refractivity contribution is 5.79. The van der Waals surface area contributed by atoms with Crippen molar-refractivity contribution in [2.24, 2.45) is 0 Å². The first-order chi connectivity index (χ1) is 6.76. The van der Waals surface area contributed by atoms with Crippen molar-refractivity contribution in [1.82, 2.24) is 5.32 Å². The van der Waals surface area contributed by atoms with E-state index < -0.39 is 23.7 Å². The van der Waals surface area contributed by atoms with Crippen LogP contribution in [0.4, 0.5) is 0 Å². The van der Waals surface area contributed by atoms with Crippen molar-refractivity contribution in [2.75, 3.05) is 6.54 Å². The lowest BCUT2D eigenvalue weighted by atomic mass is 10.2. The topological polar surface area (TPSA) is 58.6 Å². The Kier molecular flexibility index (Phi) is 5.34. The lowest BCUT2D eigenvalue weighted by Crippen LogP contribution is -2.42. The van der Waals surface area contributed by atoms with Crippen LogP contribution in [0.25, 0.3) is 0 Å². The maximum Gasteiger partial charge on any atom is 0.336 e. The van der Waals surface area contributed by atoms with Gasteiger partial charge in [0.1, 0.15) is 5.60 Å². The first-order valence-corrected chi connectivity index (χ1v) is 4.86. The normalized spacial score (nSPS) is 15.2. The second kappa shape index (κ2) is 5.74. The molecule has 2 atom stereocenters. The molecule has 15 heavy (non-hydrogen) atoms. The van der Waals surface area contributed by atoms with Gasteiger partial charge in [0.25, 0.3) is 0 Å². The highest BCUT2D eigenvalue weighted by atomic mass is 16.6. The van der Waals surface area contributed by atoms with Crippen molar-refractivity contribution in [3.05, 3.63) is 0 Å². The van der Waals surface area contributed by atoms with Crippen LogP contribution in [0.15, 0.2) is 0 Å². The summed E-state index contributed by atoms with van der Waals surface area (Å²) in [7, 11) is 0. The molecule has 0 aromatic heterocycles. The van der Waals surface area contributed by atoms with Gasteiger partial charge >= 0.3 is 5.97 Å². The minimum Gasteiger partial charge on any atom is -0.458 e. The number of ether oxygens (including phenoxy) is 1. The molecule has 0 saturated carbocycles. The number of esters is 1. The number of carbonyl (C=O) groups is 1. The number of aliphatic hydroxyl groups is 1. The standard InChI is InChI=1S/C11H19NO3/c1-6-9(12-7-8(2)13)10(14)15-11(3,4)5/h1,8-9,12-13H,7H2,2-5H3. The molecule has 0 aliphatic carbocycles. The fourth-order valence-corrected chi connectivity index (χ4v) is 0.859. The predicted molar refractivity (Wildman–Crippen MR) is 58.1 cm³/mol. The van der Waals surface area contributed by atoms with E-state index in [2.05, 4.69) is 11.2 Å². The first-order valence-electron chi connectivity index (χ1n) is 4.86. The van der Waals surface area contributed by atoms with Crippen molar-refractivity contribution < 1.29 is 14.6 Å². The van der Waals surface area contributed by atoms with Crippen LogP contribution >= 0.6 is 0 Å². The van der Waals surface area contributed by atoms with Gasteiger partial charge in [-0.2, -0.15) is 0 Å². The number of hydrogen-bond donors (Lipinski definition) is 2. The summed E-state index contributed by atoms with van der Waals surface area (Å²) in [5.41, 5.74) is -0.557. The molecule has 0 aliphatic rings. The molecule has 0 spiro atoms. The third-order valence-corrected chi connectivity index (χ3v) is 1.43. The average Bonchev–Trinajstić information content (AvgIpc) is 2.01. The maximum absolute atomic E-state index is 11.5. The summed E-state index contributed by atoms with van der Waals surface area (Å²) >= 11 is 0. The van der Waals surface area contributed by atoms with E-state index in [9.17, 15) is 4.79 Å². The minimum atomic E-state index is -0.807. The summed E-state index contributed by atoms with van der Waals surface area (Å²) in [6, 6.07) is -0.807. The fraction of sp³-hybridized carbons (Fsp3) is 0.727. The molecule has 4 nitrogen and oxygen atoms in total. The smallest absolute Gasteiger partial charge is 0.336 e. The lowest BCUT2D eigenvalue weighted by molar-refractivity contribution is -0.155. The number of rotatable bonds is 4. The number of aliphatic hydroxyl groups excluding tert-OH is 1. The number of hydrogen-bond acceptors (Lipinski definition) is 4. The van der Waals surface area contributed by atoms with E-state index in [1.165, 1.54) is 0 Å². The Morgan fingerprint density at radius 1 is 1.60 bits per heavy atom. The van der Waals surface area contributed by atoms with E-state index in [1.807, 2.05) is 0 Å². The SMILES string of the molecule is C#CC(NCC(C)O)C(=O)OC(C)(C)C. The van der Waals surface area contributed by atoms with Crippen molar-refractivity contribution in [3.8, 4) is 12.3 Å². The van der Waals surface area contributed by atoms with E-state index >= 15 is 0 Å². The minimum absolute atomic E-state index is 0.258. The summed E-state index contributed by atoms with van der Waals surface area (Å²) in [5, 5.41) is 11.8. The molecular weight excluding hydrogens is 194 g/mol. The zero-order chi connectivity index (χ0) is 12.1. The summed E-state index contributed by atoms with van der Waals surface area (Å²) < 4.78 is 5.10. The Hall–Kier alpha value is -1.05. The predicted octanol–water partition coefficient (Wildman–Crippen LogP) is 0.300. The Morgan fingerprint density at radius 2 is 2.13 bits per heavy atom.